The van der Waals surface area contributed by atoms with Gasteiger partial charge in [-0.3, -0.25) is 20.4 Å². The van der Waals surface area contributed by atoms with Crippen LogP contribution in [0.3, 0.4) is 0 Å². The number of carbonyl (C=O) groups excluding carboxylic acids is 2. The average molecular weight is 273 g/mol. The summed E-state index contributed by atoms with van der Waals surface area (Å²) >= 11 is 4.97. The SMILES string of the molecule is O=C(NNC(=O)c1ccc[nH]c1=S)c1ccccc1. The van der Waals surface area contributed by atoms with Crippen LogP contribution in [0.2, 0.25) is 0 Å². The number of H-pyrrole nitrogens is 1. The number of amides is 2. The Bertz CT molecular complexity index is 652. The molecule has 0 atom stereocenters. The summed E-state index contributed by atoms with van der Waals surface area (Å²) in [6, 6.07) is 11.8. The molecule has 2 amide bonds. The zero-order chi connectivity index (χ0) is 13.7. The van der Waals surface area contributed by atoms with Crippen molar-refractivity contribution in [3.8, 4) is 0 Å². The van der Waals surface area contributed by atoms with E-state index < -0.39 is 5.91 Å². The smallest absolute Gasteiger partial charge is 0.272 e. The third-order valence-electron chi connectivity index (χ3n) is 2.39. The Morgan fingerprint density at radius 2 is 1.63 bits per heavy atom. The lowest BCUT2D eigenvalue weighted by molar-refractivity contribution is 0.0846. The minimum atomic E-state index is -0.467. The maximum atomic E-state index is 11.8. The summed E-state index contributed by atoms with van der Waals surface area (Å²) in [5.41, 5.74) is 5.40. The van der Waals surface area contributed by atoms with Crippen molar-refractivity contribution in [1.82, 2.24) is 15.8 Å². The number of hydrogen-bond acceptors (Lipinski definition) is 3. The fourth-order valence-electron chi connectivity index (χ4n) is 1.44. The molecule has 0 saturated heterocycles. The van der Waals surface area contributed by atoms with Crippen molar-refractivity contribution in [2.75, 3.05) is 0 Å². The van der Waals surface area contributed by atoms with Gasteiger partial charge in [0.25, 0.3) is 11.8 Å². The number of hydrazine groups is 1. The molecule has 1 heterocycles. The third kappa shape index (κ3) is 3.26. The van der Waals surface area contributed by atoms with E-state index in [1.54, 1.807) is 48.7 Å². The van der Waals surface area contributed by atoms with Crippen LogP contribution in [0.15, 0.2) is 48.7 Å². The fourth-order valence-corrected chi connectivity index (χ4v) is 1.67. The molecule has 5 nitrogen and oxygen atoms in total. The number of hydrogen-bond donors (Lipinski definition) is 3. The topological polar surface area (TPSA) is 74.0 Å². The van der Waals surface area contributed by atoms with Crippen molar-refractivity contribution in [1.29, 1.82) is 0 Å². The number of rotatable bonds is 2. The van der Waals surface area contributed by atoms with Crippen LogP contribution in [0.4, 0.5) is 0 Å². The minimum absolute atomic E-state index is 0.297. The number of carbonyl (C=O) groups is 2. The molecule has 0 aliphatic carbocycles. The van der Waals surface area contributed by atoms with Crippen molar-refractivity contribution in [2.24, 2.45) is 0 Å². The van der Waals surface area contributed by atoms with Crippen LogP contribution >= 0.6 is 12.2 Å². The van der Waals surface area contributed by atoms with Crippen LogP contribution in [-0.2, 0) is 0 Å². The Morgan fingerprint density at radius 3 is 2.32 bits per heavy atom. The summed E-state index contributed by atoms with van der Waals surface area (Å²) < 4.78 is 0.314. The predicted octanol–water partition coefficient (Wildman–Crippen LogP) is 1.82. The van der Waals surface area contributed by atoms with Gasteiger partial charge >= 0.3 is 0 Å². The van der Waals surface area contributed by atoms with Crippen LogP contribution in [0.25, 0.3) is 0 Å². The predicted molar refractivity (Wildman–Crippen MR) is 73.0 cm³/mol. The Hall–Kier alpha value is -2.47. The van der Waals surface area contributed by atoms with E-state index in [1.165, 1.54) is 0 Å². The van der Waals surface area contributed by atoms with E-state index in [-0.39, 0.29) is 5.91 Å². The molecule has 2 aromatic rings. The highest BCUT2D eigenvalue weighted by Gasteiger charge is 2.09. The molecular formula is C13H11N3O2S. The van der Waals surface area contributed by atoms with E-state index in [0.717, 1.165) is 0 Å². The normalized spacial score (nSPS) is 9.68. The highest BCUT2D eigenvalue weighted by Crippen LogP contribution is 1.99. The molecule has 0 bridgehead atoms. The summed E-state index contributed by atoms with van der Waals surface area (Å²) in [4.78, 5) is 26.2. The van der Waals surface area contributed by atoms with Crippen LogP contribution in [-0.4, -0.2) is 16.8 Å². The van der Waals surface area contributed by atoms with Crippen LogP contribution in [0.5, 0.6) is 0 Å². The van der Waals surface area contributed by atoms with E-state index in [1.807, 2.05) is 0 Å². The van der Waals surface area contributed by atoms with Crippen molar-refractivity contribution in [2.45, 2.75) is 0 Å². The lowest BCUT2D eigenvalue weighted by atomic mass is 10.2. The van der Waals surface area contributed by atoms with E-state index in [4.69, 9.17) is 12.2 Å². The Morgan fingerprint density at radius 1 is 0.947 bits per heavy atom. The Balaban J connectivity index is 2.00. The van der Waals surface area contributed by atoms with Crippen molar-refractivity contribution in [3.05, 3.63) is 64.4 Å². The molecule has 0 aliphatic heterocycles. The molecule has 96 valence electrons. The second-order valence-corrected chi connectivity index (χ2v) is 4.10. The number of nitrogens with one attached hydrogen (secondary N) is 3. The molecule has 0 fully saturated rings. The lowest BCUT2D eigenvalue weighted by Crippen LogP contribution is -2.41. The van der Waals surface area contributed by atoms with Crippen LogP contribution in [0.1, 0.15) is 20.7 Å². The first-order valence-corrected chi connectivity index (χ1v) is 5.93. The van der Waals surface area contributed by atoms with E-state index in [9.17, 15) is 9.59 Å². The third-order valence-corrected chi connectivity index (χ3v) is 2.73. The summed E-state index contributed by atoms with van der Waals surface area (Å²) in [5.74, 6) is -0.856. The second-order valence-electron chi connectivity index (χ2n) is 3.69. The maximum absolute atomic E-state index is 11.8. The summed E-state index contributed by atoms with van der Waals surface area (Å²) in [5, 5.41) is 0. The highest BCUT2D eigenvalue weighted by atomic mass is 32.1. The van der Waals surface area contributed by atoms with E-state index in [0.29, 0.717) is 15.8 Å². The van der Waals surface area contributed by atoms with Gasteiger partial charge in [0, 0.05) is 11.8 Å². The number of aromatic amines is 1. The van der Waals surface area contributed by atoms with E-state index in [2.05, 4.69) is 15.8 Å². The van der Waals surface area contributed by atoms with Gasteiger partial charge in [0.1, 0.15) is 4.64 Å². The van der Waals surface area contributed by atoms with E-state index >= 15 is 0 Å². The molecule has 19 heavy (non-hydrogen) atoms. The zero-order valence-electron chi connectivity index (χ0n) is 9.84. The van der Waals surface area contributed by atoms with Crippen LogP contribution < -0.4 is 10.9 Å². The van der Waals surface area contributed by atoms with Crippen molar-refractivity contribution < 1.29 is 9.59 Å². The van der Waals surface area contributed by atoms with Gasteiger partial charge in [-0.1, -0.05) is 30.4 Å². The number of benzene rings is 1. The van der Waals surface area contributed by atoms with Crippen molar-refractivity contribution in [3.63, 3.8) is 0 Å². The Kier molecular flexibility index (Phi) is 4.04. The zero-order valence-corrected chi connectivity index (χ0v) is 10.7. The molecule has 1 aromatic carbocycles. The minimum Gasteiger partial charge on any atom is -0.352 e. The average Bonchev–Trinajstić information content (AvgIpc) is 2.46. The standard InChI is InChI=1S/C13H11N3O2S/c17-11(9-5-2-1-3-6-9)15-16-12(18)10-7-4-8-14-13(10)19/h1-8H,(H,14,19)(H,15,17)(H,16,18). The van der Waals surface area contributed by atoms with Gasteiger partial charge in [0.2, 0.25) is 0 Å². The highest BCUT2D eigenvalue weighted by molar-refractivity contribution is 7.71. The Labute approximate surface area is 114 Å². The lowest BCUT2D eigenvalue weighted by Gasteiger charge is -2.07. The molecule has 3 N–H and O–H groups in total. The van der Waals surface area contributed by atoms with Gasteiger partial charge < -0.3 is 4.98 Å². The van der Waals surface area contributed by atoms with Gasteiger partial charge in [-0.05, 0) is 24.3 Å². The number of aromatic nitrogens is 1. The molecule has 0 aliphatic rings. The monoisotopic (exact) mass is 273 g/mol. The quantitative estimate of drug-likeness (QED) is 0.577. The number of pyridine rings is 1. The summed E-state index contributed by atoms with van der Waals surface area (Å²) in [6.45, 7) is 0. The van der Waals surface area contributed by atoms with Gasteiger partial charge in [-0.2, -0.15) is 0 Å². The van der Waals surface area contributed by atoms with Crippen molar-refractivity contribution >= 4 is 24.0 Å². The first-order chi connectivity index (χ1) is 9.18. The maximum Gasteiger partial charge on any atom is 0.272 e. The fraction of sp³-hybridized carbons (Fsp3) is 0. The first-order valence-electron chi connectivity index (χ1n) is 5.52. The first kappa shape index (κ1) is 13.0. The van der Waals surface area contributed by atoms with Gasteiger partial charge in [0.05, 0.1) is 5.56 Å². The second kappa shape index (κ2) is 5.92. The van der Waals surface area contributed by atoms with Gasteiger partial charge in [0.15, 0.2) is 0 Å². The van der Waals surface area contributed by atoms with Gasteiger partial charge in [-0.25, -0.2) is 0 Å². The summed E-state index contributed by atoms with van der Waals surface area (Å²) in [6.07, 6.45) is 1.63. The molecule has 0 unspecified atom stereocenters. The summed E-state index contributed by atoms with van der Waals surface area (Å²) in [7, 11) is 0. The largest absolute Gasteiger partial charge is 0.352 e. The molecule has 0 spiro atoms. The molecule has 0 radical (unpaired) electrons. The van der Waals surface area contributed by atoms with Crippen LogP contribution in [0, 0.1) is 4.64 Å². The molecule has 2 rings (SSSR count). The van der Waals surface area contributed by atoms with Gasteiger partial charge in [-0.15, -0.1) is 0 Å². The molecule has 1 aromatic heterocycles. The molecular weight excluding hydrogens is 262 g/mol. The molecule has 0 saturated carbocycles. The molecule has 6 heteroatoms.